The number of aliphatic hydroxyl groups is 1. The van der Waals surface area contributed by atoms with Crippen molar-refractivity contribution in [1.29, 1.82) is 0 Å². The highest BCUT2D eigenvalue weighted by Gasteiger charge is 2.60. The van der Waals surface area contributed by atoms with Gasteiger partial charge in [0.05, 0.1) is 4.47 Å². The summed E-state index contributed by atoms with van der Waals surface area (Å²) >= 11 is 2.62. The molecule has 1 nitrogen and oxygen atoms in total. The van der Waals surface area contributed by atoms with Crippen molar-refractivity contribution in [1.82, 2.24) is 0 Å². The van der Waals surface area contributed by atoms with E-state index in [-0.39, 0.29) is 4.47 Å². The van der Waals surface area contributed by atoms with Crippen molar-refractivity contribution in [3.05, 3.63) is 34.1 Å². The van der Waals surface area contributed by atoms with Crippen LogP contribution >= 0.6 is 15.9 Å². The Morgan fingerprint density at radius 3 is 1.89 bits per heavy atom. The molecule has 1 atom stereocenters. The first-order valence-corrected chi connectivity index (χ1v) is 5.51. The molecule has 108 valence electrons. The molecule has 0 aliphatic carbocycles. The summed E-state index contributed by atoms with van der Waals surface area (Å²) in [5.41, 5.74) is -1.07. The zero-order valence-corrected chi connectivity index (χ0v) is 10.4. The second kappa shape index (κ2) is 5.28. The van der Waals surface area contributed by atoms with Crippen molar-refractivity contribution >= 4 is 15.9 Å². The fourth-order valence-corrected chi connectivity index (χ4v) is 1.85. The van der Waals surface area contributed by atoms with Gasteiger partial charge in [-0.25, -0.2) is 4.39 Å². The van der Waals surface area contributed by atoms with Crippen LogP contribution < -0.4 is 0 Å². The molecule has 0 bridgehead atoms. The summed E-state index contributed by atoms with van der Waals surface area (Å²) in [4.78, 5) is 0. The van der Waals surface area contributed by atoms with E-state index in [9.17, 15) is 35.8 Å². The van der Waals surface area contributed by atoms with Gasteiger partial charge in [-0.05, 0) is 22.0 Å². The number of hydrogen-bond donors (Lipinski definition) is 1. The second-order valence-corrected chi connectivity index (χ2v) is 4.50. The van der Waals surface area contributed by atoms with Crippen LogP contribution in [0.2, 0.25) is 0 Å². The molecule has 0 fully saturated rings. The predicted molar refractivity (Wildman–Crippen MR) is 54.7 cm³/mol. The molecule has 1 aromatic rings. The van der Waals surface area contributed by atoms with E-state index >= 15 is 0 Å². The van der Waals surface area contributed by atoms with E-state index in [4.69, 9.17) is 0 Å². The molecule has 0 saturated carbocycles. The van der Waals surface area contributed by atoms with Crippen LogP contribution in [0.4, 0.5) is 30.7 Å². The van der Waals surface area contributed by atoms with Crippen LogP contribution in [0.3, 0.4) is 0 Å². The second-order valence-electron chi connectivity index (χ2n) is 3.65. The van der Waals surface area contributed by atoms with Crippen molar-refractivity contribution in [2.45, 2.75) is 18.5 Å². The molecule has 1 rings (SSSR count). The van der Waals surface area contributed by atoms with Crippen molar-refractivity contribution in [3.63, 3.8) is 0 Å². The summed E-state index contributed by atoms with van der Waals surface area (Å²) in [6, 6.07) is 2.77. The van der Waals surface area contributed by atoms with Gasteiger partial charge in [0.1, 0.15) is 11.9 Å². The first kappa shape index (κ1) is 16.2. The summed E-state index contributed by atoms with van der Waals surface area (Å²) in [5, 5.41) is 9.26. The Morgan fingerprint density at radius 1 is 1.00 bits per heavy atom. The highest BCUT2D eigenvalue weighted by Crippen LogP contribution is 2.47. The highest BCUT2D eigenvalue weighted by atomic mass is 79.9. The van der Waals surface area contributed by atoms with Gasteiger partial charge in [0.2, 0.25) is 0 Å². The number of alkyl halides is 6. The summed E-state index contributed by atoms with van der Waals surface area (Å²) in [6.07, 6.45) is -14.6. The van der Waals surface area contributed by atoms with Gasteiger partial charge >= 0.3 is 12.4 Å². The normalized spacial score (nSPS) is 14.8. The first-order valence-electron chi connectivity index (χ1n) is 4.71. The Labute approximate surface area is 111 Å². The molecule has 0 aromatic heterocycles. The smallest absolute Gasteiger partial charge is 0.387 e. The Hall–Kier alpha value is -0.830. The lowest BCUT2D eigenvalue weighted by Crippen LogP contribution is -2.41. The third-order valence-electron chi connectivity index (χ3n) is 2.32. The average molecular weight is 355 g/mol. The van der Waals surface area contributed by atoms with Gasteiger partial charge < -0.3 is 5.11 Å². The molecule has 9 heteroatoms. The maximum Gasteiger partial charge on any atom is 0.403 e. The highest BCUT2D eigenvalue weighted by molar-refractivity contribution is 9.10. The van der Waals surface area contributed by atoms with Gasteiger partial charge in [-0.1, -0.05) is 12.1 Å². The molecule has 1 N–H and O–H groups in total. The quantitative estimate of drug-likeness (QED) is 0.782. The Balaban J connectivity index is 3.28. The van der Waals surface area contributed by atoms with Gasteiger partial charge in [0.25, 0.3) is 0 Å². The van der Waals surface area contributed by atoms with Crippen LogP contribution in [-0.4, -0.2) is 17.5 Å². The van der Waals surface area contributed by atoms with Gasteiger partial charge in [-0.15, -0.1) is 0 Å². The lowest BCUT2D eigenvalue weighted by molar-refractivity contribution is -0.307. The number of halogens is 8. The van der Waals surface area contributed by atoms with E-state index in [1.807, 2.05) is 0 Å². The zero-order chi connectivity index (χ0) is 15.0. The van der Waals surface area contributed by atoms with E-state index in [2.05, 4.69) is 15.9 Å². The maximum atomic E-state index is 13.4. The minimum absolute atomic E-state index is 0.341. The fraction of sp³-hybridized carbons (Fsp3) is 0.400. The van der Waals surface area contributed by atoms with E-state index in [0.717, 1.165) is 12.1 Å². The van der Waals surface area contributed by atoms with Crippen molar-refractivity contribution in [2.24, 2.45) is 5.92 Å². The topological polar surface area (TPSA) is 20.2 Å². The third-order valence-corrected chi connectivity index (χ3v) is 2.93. The van der Waals surface area contributed by atoms with Crippen molar-refractivity contribution in [2.75, 3.05) is 0 Å². The maximum absolute atomic E-state index is 13.4. The lowest BCUT2D eigenvalue weighted by atomic mass is 9.94. The molecule has 0 amide bonds. The van der Waals surface area contributed by atoms with Crippen LogP contribution in [0.1, 0.15) is 11.7 Å². The summed E-state index contributed by atoms with van der Waals surface area (Å²) < 4.78 is 87.3. The van der Waals surface area contributed by atoms with Crippen molar-refractivity contribution < 1.29 is 35.8 Å². The summed E-state index contributed by atoms with van der Waals surface area (Å²) in [7, 11) is 0. The van der Waals surface area contributed by atoms with Crippen LogP contribution in [0.15, 0.2) is 22.7 Å². The standard InChI is InChI=1S/C10H6BrF7O/c11-5-3-1-2-4(6(5)12)7(19)8(9(13,14)15)10(16,17)18/h1-3,7-8,19H. The third kappa shape index (κ3) is 3.59. The van der Waals surface area contributed by atoms with Crippen molar-refractivity contribution in [3.8, 4) is 0 Å². The molecule has 1 aromatic carbocycles. The Morgan fingerprint density at radius 2 is 1.47 bits per heavy atom. The number of aliphatic hydroxyl groups excluding tert-OH is 1. The zero-order valence-electron chi connectivity index (χ0n) is 8.86. The SMILES string of the molecule is OC(c1cccc(Br)c1F)C(C(F)(F)F)C(F)(F)F. The minimum atomic E-state index is -5.74. The molecule has 0 aliphatic rings. The largest absolute Gasteiger partial charge is 0.403 e. The van der Waals surface area contributed by atoms with E-state index in [1.54, 1.807) is 0 Å². The summed E-state index contributed by atoms with van der Waals surface area (Å²) in [5.74, 6) is -5.42. The Kier molecular flexibility index (Phi) is 4.51. The molecule has 19 heavy (non-hydrogen) atoms. The average Bonchev–Trinajstić information content (AvgIpc) is 2.17. The van der Waals surface area contributed by atoms with Gasteiger partial charge in [-0.3, -0.25) is 0 Å². The molecular formula is C10H6BrF7O. The summed E-state index contributed by atoms with van der Waals surface area (Å²) in [6.45, 7) is 0. The molecule has 0 aliphatic heterocycles. The monoisotopic (exact) mass is 354 g/mol. The van der Waals surface area contributed by atoms with Crippen LogP contribution in [0.5, 0.6) is 0 Å². The van der Waals surface area contributed by atoms with Crippen LogP contribution in [-0.2, 0) is 0 Å². The van der Waals surface area contributed by atoms with Gasteiger partial charge in [0, 0.05) is 5.56 Å². The Bertz CT molecular complexity index is 440. The lowest BCUT2D eigenvalue weighted by Gasteiger charge is -2.27. The molecule has 0 radical (unpaired) electrons. The van der Waals surface area contributed by atoms with Gasteiger partial charge in [0.15, 0.2) is 5.92 Å². The molecule has 1 unspecified atom stereocenters. The molecular weight excluding hydrogens is 349 g/mol. The number of rotatable bonds is 2. The molecule has 0 heterocycles. The predicted octanol–water partition coefficient (Wildman–Crippen LogP) is 4.36. The van der Waals surface area contributed by atoms with E-state index in [0.29, 0.717) is 6.07 Å². The minimum Gasteiger partial charge on any atom is -0.387 e. The molecule has 0 spiro atoms. The van der Waals surface area contributed by atoms with E-state index < -0.39 is 35.8 Å². The van der Waals surface area contributed by atoms with Crippen LogP contribution in [0.25, 0.3) is 0 Å². The van der Waals surface area contributed by atoms with Crippen LogP contribution in [0, 0.1) is 11.7 Å². The number of hydrogen-bond acceptors (Lipinski definition) is 1. The number of benzene rings is 1. The molecule has 0 saturated heterocycles. The first-order chi connectivity index (χ1) is 8.46. The fourth-order valence-electron chi connectivity index (χ4n) is 1.47. The van der Waals surface area contributed by atoms with E-state index in [1.165, 1.54) is 0 Å². The van der Waals surface area contributed by atoms with Gasteiger partial charge in [-0.2, -0.15) is 26.3 Å².